The Morgan fingerprint density at radius 1 is 1.29 bits per heavy atom. The molecule has 17 heavy (non-hydrogen) atoms. The van der Waals surface area contributed by atoms with E-state index in [0.29, 0.717) is 6.54 Å². The zero-order valence-corrected chi connectivity index (χ0v) is 9.95. The van der Waals surface area contributed by atoms with Gasteiger partial charge in [0.2, 0.25) is 0 Å². The Bertz CT molecular complexity index is 499. The minimum Gasteiger partial charge on any atom is -0.508 e. The van der Waals surface area contributed by atoms with E-state index in [1.165, 1.54) is 4.88 Å². The second-order valence-corrected chi connectivity index (χ2v) is 4.65. The number of rotatable bonds is 4. The first-order chi connectivity index (χ1) is 8.29. The smallest absolute Gasteiger partial charge is 0.121 e. The van der Waals surface area contributed by atoms with Crippen molar-refractivity contribution in [3.8, 4) is 11.8 Å². The van der Waals surface area contributed by atoms with Gasteiger partial charge in [0.15, 0.2) is 0 Å². The molecule has 0 saturated heterocycles. The van der Waals surface area contributed by atoms with Gasteiger partial charge in [0.05, 0.1) is 6.07 Å². The van der Waals surface area contributed by atoms with Crippen molar-refractivity contribution in [3.05, 3.63) is 52.2 Å². The van der Waals surface area contributed by atoms with Crippen molar-refractivity contribution in [3.63, 3.8) is 0 Å². The first kappa shape index (κ1) is 11.6. The van der Waals surface area contributed by atoms with Crippen LogP contribution in [0, 0.1) is 11.3 Å². The predicted octanol–water partition coefficient (Wildman–Crippen LogP) is 2.81. The number of hydrogen-bond donors (Lipinski definition) is 2. The van der Waals surface area contributed by atoms with Crippen molar-refractivity contribution in [2.24, 2.45) is 0 Å². The maximum absolute atomic E-state index is 9.19. The fourth-order valence-corrected chi connectivity index (χ4v) is 2.18. The highest BCUT2D eigenvalue weighted by Gasteiger charge is 2.09. The summed E-state index contributed by atoms with van der Waals surface area (Å²) < 4.78 is 0. The second-order valence-electron chi connectivity index (χ2n) is 3.61. The summed E-state index contributed by atoms with van der Waals surface area (Å²) >= 11 is 1.66. The number of nitrogens with one attached hydrogen (secondary N) is 1. The van der Waals surface area contributed by atoms with Crippen molar-refractivity contribution in [1.82, 2.24) is 5.32 Å². The van der Waals surface area contributed by atoms with Gasteiger partial charge >= 0.3 is 0 Å². The molecular weight excluding hydrogens is 232 g/mol. The number of nitriles is 1. The van der Waals surface area contributed by atoms with Crippen LogP contribution in [0.3, 0.4) is 0 Å². The van der Waals surface area contributed by atoms with Crippen molar-refractivity contribution in [2.45, 2.75) is 12.6 Å². The summed E-state index contributed by atoms with van der Waals surface area (Å²) in [5.74, 6) is 0.212. The molecule has 86 valence electrons. The molecule has 2 rings (SSSR count). The number of thiophene rings is 1. The number of phenols is 1. The minimum absolute atomic E-state index is 0.212. The van der Waals surface area contributed by atoms with E-state index in [-0.39, 0.29) is 11.8 Å². The van der Waals surface area contributed by atoms with Gasteiger partial charge in [-0.05, 0) is 29.1 Å². The van der Waals surface area contributed by atoms with Crippen LogP contribution in [0.4, 0.5) is 0 Å². The van der Waals surface area contributed by atoms with E-state index in [0.717, 1.165) is 5.56 Å². The van der Waals surface area contributed by atoms with Gasteiger partial charge in [-0.15, -0.1) is 11.3 Å². The Morgan fingerprint density at radius 2 is 2.06 bits per heavy atom. The summed E-state index contributed by atoms with van der Waals surface area (Å²) in [4.78, 5) is 1.20. The van der Waals surface area contributed by atoms with Crippen molar-refractivity contribution in [2.75, 3.05) is 0 Å². The first-order valence-electron chi connectivity index (χ1n) is 5.24. The summed E-state index contributed by atoms with van der Waals surface area (Å²) in [6, 6.07) is 12.6. The van der Waals surface area contributed by atoms with Crippen molar-refractivity contribution < 1.29 is 5.11 Å². The number of aromatic hydroxyl groups is 1. The third-order valence-corrected chi connectivity index (χ3v) is 3.29. The third-order valence-electron chi connectivity index (χ3n) is 2.42. The van der Waals surface area contributed by atoms with Gasteiger partial charge in [-0.2, -0.15) is 5.26 Å². The Labute approximate surface area is 104 Å². The van der Waals surface area contributed by atoms with Gasteiger partial charge in [-0.1, -0.05) is 18.2 Å². The lowest BCUT2D eigenvalue weighted by molar-refractivity contribution is 0.474. The minimum atomic E-state index is -0.349. The molecule has 0 bridgehead atoms. The van der Waals surface area contributed by atoms with Gasteiger partial charge in [0.1, 0.15) is 11.8 Å². The van der Waals surface area contributed by atoms with Crippen molar-refractivity contribution >= 4 is 11.3 Å². The lowest BCUT2D eigenvalue weighted by Gasteiger charge is -2.10. The number of phenolic OH excluding ortho intramolecular Hbond substituents is 1. The molecule has 0 radical (unpaired) electrons. The van der Waals surface area contributed by atoms with E-state index in [2.05, 4.69) is 11.4 Å². The van der Waals surface area contributed by atoms with E-state index >= 15 is 0 Å². The molecule has 1 heterocycles. The number of benzene rings is 1. The normalized spacial score (nSPS) is 11.9. The third kappa shape index (κ3) is 3.06. The Kier molecular flexibility index (Phi) is 3.76. The van der Waals surface area contributed by atoms with Crippen LogP contribution in [0.2, 0.25) is 0 Å². The van der Waals surface area contributed by atoms with Crippen LogP contribution in [-0.2, 0) is 6.54 Å². The fraction of sp³-hybridized carbons (Fsp3) is 0.154. The zero-order chi connectivity index (χ0) is 12.1. The molecule has 0 amide bonds. The second kappa shape index (κ2) is 5.48. The Balaban J connectivity index is 2.02. The van der Waals surface area contributed by atoms with Gasteiger partial charge in [0.25, 0.3) is 0 Å². The molecule has 1 atom stereocenters. The lowest BCUT2D eigenvalue weighted by atomic mass is 10.1. The summed E-state index contributed by atoms with van der Waals surface area (Å²) in [6.07, 6.45) is 0. The van der Waals surface area contributed by atoms with Crippen LogP contribution in [0.25, 0.3) is 0 Å². The molecule has 1 aromatic heterocycles. The van der Waals surface area contributed by atoms with Crippen LogP contribution >= 0.6 is 11.3 Å². The van der Waals surface area contributed by atoms with Gasteiger partial charge in [-0.3, -0.25) is 5.32 Å². The van der Waals surface area contributed by atoms with Crippen LogP contribution in [0.5, 0.6) is 5.75 Å². The highest BCUT2D eigenvalue weighted by Crippen LogP contribution is 2.17. The molecule has 1 aromatic carbocycles. The zero-order valence-electron chi connectivity index (χ0n) is 9.13. The highest BCUT2D eigenvalue weighted by atomic mass is 32.1. The van der Waals surface area contributed by atoms with Crippen molar-refractivity contribution in [1.29, 1.82) is 5.26 Å². The van der Waals surface area contributed by atoms with E-state index in [1.54, 1.807) is 35.6 Å². The number of hydrogen-bond acceptors (Lipinski definition) is 4. The number of nitrogens with zero attached hydrogens (tertiary/aromatic N) is 1. The van der Waals surface area contributed by atoms with E-state index in [4.69, 9.17) is 5.26 Å². The summed E-state index contributed by atoms with van der Waals surface area (Å²) in [5.41, 5.74) is 0.863. The van der Waals surface area contributed by atoms with Crippen LogP contribution in [0.1, 0.15) is 16.5 Å². The maximum atomic E-state index is 9.19. The summed E-state index contributed by atoms with van der Waals surface area (Å²) in [6.45, 7) is 0.677. The average Bonchev–Trinajstić information content (AvgIpc) is 2.85. The average molecular weight is 244 g/mol. The Hall–Kier alpha value is -1.83. The maximum Gasteiger partial charge on any atom is 0.121 e. The molecule has 0 aliphatic carbocycles. The van der Waals surface area contributed by atoms with Crippen LogP contribution in [0.15, 0.2) is 41.8 Å². The Morgan fingerprint density at radius 3 is 2.65 bits per heavy atom. The van der Waals surface area contributed by atoms with E-state index < -0.39 is 0 Å². The monoisotopic (exact) mass is 244 g/mol. The topological polar surface area (TPSA) is 56.0 Å². The molecule has 2 N–H and O–H groups in total. The molecular formula is C13H12N2OS. The SMILES string of the molecule is N#CC(NCc1cccs1)c1ccc(O)cc1. The molecule has 3 nitrogen and oxygen atoms in total. The van der Waals surface area contributed by atoms with Gasteiger partial charge < -0.3 is 5.11 Å². The fourth-order valence-electron chi connectivity index (χ4n) is 1.52. The van der Waals surface area contributed by atoms with Crippen LogP contribution < -0.4 is 5.32 Å². The molecule has 1 unspecified atom stereocenters. The standard InChI is InChI=1S/C13H12N2OS/c14-8-13(10-3-5-11(16)6-4-10)15-9-12-2-1-7-17-12/h1-7,13,15-16H,9H2. The summed E-state index contributed by atoms with van der Waals surface area (Å²) in [5, 5.41) is 23.5. The molecule has 0 fully saturated rings. The predicted molar refractivity (Wildman–Crippen MR) is 67.6 cm³/mol. The molecule has 0 spiro atoms. The molecule has 0 aliphatic rings. The molecule has 0 aliphatic heterocycles. The van der Waals surface area contributed by atoms with Gasteiger partial charge in [-0.25, -0.2) is 0 Å². The molecule has 4 heteroatoms. The van der Waals surface area contributed by atoms with Gasteiger partial charge in [0, 0.05) is 11.4 Å². The lowest BCUT2D eigenvalue weighted by Crippen LogP contribution is -2.18. The first-order valence-corrected chi connectivity index (χ1v) is 6.12. The molecule has 0 saturated carbocycles. The summed E-state index contributed by atoms with van der Waals surface area (Å²) in [7, 11) is 0. The molecule has 2 aromatic rings. The van der Waals surface area contributed by atoms with E-state index in [9.17, 15) is 5.11 Å². The van der Waals surface area contributed by atoms with E-state index in [1.807, 2.05) is 17.5 Å². The quantitative estimate of drug-likeness (QED) is 0.869. The van der Waals surface area contributed by atoms with Crippen LogP contribution in [-0.4, -0.2) is 5.11 Å². The largest absolute Gasteiger partial charge is 0.508 e. The highest BCUT2D eigenvalue weighted by molar-refractivity contribution is 7.09.